The highest BCUT2D eigenvalue weighted by atomic mass is 19.4. The third kappa shape index (κ3) is 1.23. The van der Waals surface area contributed by atoms with Gasteiger partial charge in [0.2, 0.25) is 0 Å². The summed E-state index contributed by atoms with van der Waals surface area (Å²) in [6.45, 7) is 0. The summed E-state index contributed by atoms with van der Waals surface area (Å²) in [6.07, 6.45) is -5.24. The van der Waals surface area contributed by atoms with Crippen molar-refractivity contribution < 1.29 is 26.5 Å². The Kier molecular flexibility index (Phi) is 1.77. The predicted octanol–water partition coefficient (Wildman–Crippen LogP) is 1.72. The van der Waals surface area contributed by atoms with E-state index >= 15 is 0 Å². The van der Waals surface area contributed by atoms with Gasteiger partial charge < -0.3 is 4.52 Å². The largest absolute Gasteiger partial charge is 0.463 e. The van der Waals surface area contributed by atoms with Crippen molar-refractivity contribution in [2.75, 3.05) is 0 Å². The average molecular weight is 188 g/mol. The molecular formula is C4HF5N2O. The Labute approximate surface area is 62.2 Å². The molecule has 0 spiro atoms. The summed E-state index contributed by atoms with van der Waals surface area (Å²) in [7, 11) is 0. The molecule has 1 heterocycles. The topological polar surface area (TPSA) is 38.9 Å². The van der Waals surface area contributed by atoms with Gasteiger partial charge in [-0.1, -0.05) is 5.16 Å². The zero-order chi connectivity index (χ0) is 9.41. The Morgan fingerprint density at radius 1 is 1.17 bits per heavy atom. The van der Waals surface area contributed by atoms with E-state index in [1.165, 1.54) is 0 Å². The van der Waals surface area contributed by atoms with Crippen LogP contribution in [0.15, 0.2) is 10.9 Å². The van der Waals surface area contributed by atoms with Crippen LogP contribution in [0.25, 0.3) is 0 Å². The van der Waals surface area contributed by atoms with Crippen molar-refractivity contribution in [3.63, 3.8) is 0 Å². The van der Waals surface area contributed by atoms with Gasteiger partial charge in [0.1, 0.15) is 0 Å². The minimum Gasteiger partial charge on any atom is -0.332 e. The van der Waals surface area contributed by atoms with Crippen molar-refractivity contribution in [1.29, 1.82) is 0 Å². The first-order chi connectivity index (χ1) is 5.36. The van der Waals surface area contributed by atoms with Gasteiger partial charge in [0, 0.05) is 0 Å². The highest BCUT2D eigenvalue weighted by molar-refractivity contribution is 4.93. The molecule has 0 radical (unpaired) electrons. The zero-order valence-electron chi connectivity index (χ0n) is 5.27. The van der Waals surface area contributed by atoms with Crippen LogP contribution in [-0.4, -0.2) is 16.3 Å². The highest BCUT2D eigenvalue weighted by Gasteiger charge is 2.62. The van der Waals surface area contributed by atoms with Crippen LogP contribution in [0.1, 0.15) is 5.89 Å². The summed E-state index contributed by atoms with van der Waals surface area (Å²) in [4.78, 5) is 2.61. The Morgan fingerprint density at radius 3 is 2.08 bits per heavy atom. The lowest BCUT2D eigenvalue weighted by Gasteiger charge is -2.14. The van der Waals surface area contributed by atoms with Gasteiger partial charge in [-0.25, -0.2) is 0 Å². The molecule has 0 aliphatic carbocycles. The summed E-state index contributed by atoms with van der Waals surface area (Å²) in [5.41, 5.74) is 0. The van der Waals surface area contributed by atoms with Crippen LogP contribution in [0, 0.1) is 0 Å². The molecule has 0 bridgehead atoms. The van der Waals surface area contributed by atoms with Gasteiger partial charge >= 0.3 is 18.0 Å². The van der Waals surface area contributed by atoms with E-state index in [2.05, 4.69) is 14.7 Å². The van der Waals surface area contributed by atoms with Gasteiger partial charge in [-0.05, 0) is 0 Å². The first kappa shape index (κ1) is 8.88. The molecule has 68 valence electrons. The van der Waals surface area contributed by atoms with E-state index in [1.54, 1.807) is 0 Å². The third-order valence-electron chi connectivity index (χ3n) is 0.986. The molecule has 0 amide bonds. The van der Waals surface area contributed by atoms with E-state index in [4.69, 9.17) is 0 Å². The molecule has 0 N–H and O–H groups in total. The maximum absolute atomic E-state index is 12.2. The van der Waals surface area contributed by atoms with E-state index < -0.39 is 18.0 Å². The van der Waals surface area contributed by atoms with Crippen molar-refractivity contribution >= 4 is 0 Å². The molecule has 1 aromatic rings. The molecule has 0 atom stereocenters. The molecule has 0 aliphatic heterocycles. The lowest BCUT2D eigenvalue weighted by molar-refractivity contribution is -0.298. The van der Waals surface area contributed by atoms with E-state index in [0.29, 0.717) is 6.33 Å². The van der Waals surface area contributed by atoms with Gasteiger partial charge in [-0.2, -0.15) is 26.9 Å². The zero-order valence-corrected chi connectivity index (χ0v) is 5.27. The number of halogens is 5. The van der Waals surface area contributed by atoms with Crippen molar-refractivity contribution in [1.82, 2.24) is 10.1 Å². The molecule has 0 saturated heterocycles. The quantitative estimate of drug-likeness (QED) is 0.630. The Bertz CT molecular complexity index is 253. The van der Waals surface area contributed by atoms with Crippen molar-refractivity contribution in [3.8, 4) is 0 Å². The fraction of sp³-hybridized carbons (Fsp3) is 0.500. The Morgan fingerprint density at radius 2 is 1.75 bits per heavy atom. The van der Waals surface area contributed by atoms with Crippen LogP contribution >= 0.6 is 0 Å². The van der Waals surface area contributed by atoms with Crippen LogP contribution in [0.3, 0.4) is 0 Å². The van der Waals surface area contributed by atoms with Crippen LogP contribution in [-0.2, 0) is 5.92 Å². The minimum absolute atomic E-state index is 0.467. The van der Waals surface area contributed by atoms with Crippen LogP contribution < -0.4 is 0 Å². The average Bonchev–Trinajstić information content (AvgIpc) is 2.34. The van der Waals surface area contributed by atoms with Gasteiger partial charge in [0.05, 0.1) is 0 Å². The molecule has 0 aliphatic rings. The Hall–Kier alpha value is -1.21. The number of hydrogen-bond donors (Lipinski definition) is 0. The van der Waals surface area contributed by atoms with Gasteiger partial charge in [-0.3, -0.25) is 0 Å². The number of aromatic nitrogens is 2. The molecular weight excluding hydrogens is 187 g/mol. The summed E-state index contributed by atoms with van der Waals surface area (Å²) >= 11 is 0. The molecule has 0 saturated carbocycles. The summed E-state index contributed by atoms with van der Waals surface area (Å²) in [5, 5.41) is 2.64. The van der Waals surface area contributed by atoms with E-state index in [9.17, 15) is 22.0 Å². The van der Waals surface area contributed by atoms with Crippen molar-refractivity contribution in [2.45, 2.75) is 12.1 Å². The molecule has 3 nitrogen and oxygen atoms in total. The van der Waals surface area contributed by atoms with Gasteiger partial charge in [0.15, 0.2) is 6.33 Å². The first-order valence-electron chi connectivity index (χ1n) is 2.57. The predicted molar refractivity (Wildman–Crippen MR) is 24.2 cm³/mol. The first-order valence-corrected chi connectivity index (χ1v) is 2.57. The van der Waals surface area contributed by atoms with E-state index in [0.717, 1.165) is 0 Å². The number of nitrogens with zero attached hydrogens (tertiary/aromatic N) is 2. The molecule has 1 rings (SSSR count). The van der Waals surface area contributed by atoms with Crippen LogP contribution in [0.5, 0.6) is 0 Å². The fourth-order valence-electron chi connectivity index (χ4n) is 0.433. The molecule has 1 aromatic heterocycles. The monoisotopic (exact) mass is 188 g/mol. The molecule has 0 fully saturated rings. The second kappa shape index (κ2) is 2.39. The lowest BCUT2D eigenvalue weighted by Crippen LogP contribution is -2.33. The van der Waals surface area contributed by atoms with E-state index in [-0.39, 0.29) is 0 Å². The number of rotatable bonds is 1. The second-order valence-electron chi connectivity index (χ2n) is 1.82. The maximum Gasteiger partial charge on any atom is 0.463 e. The molecule has 0 unspecified atom stereocenters. The normalized spacial score (nSPS) is 13.4. The highest BCUT2D eigenvalue weighted by Crippen LogP contribution is 2.42. The maximum atomic E-state index is 12.2. The van der Waals surface area contributed by atoms with E-state index in [1.807, 2.05) is 0 Å². The molecule has 12 heavy (non-hydrogen) atoms. The van der Waals surface area contributed by atoms with Crippen molar-refractivity contribution in [2.24, 2.45) is 0 Å². The lowest BCUT2D eigenvalue weighted by atomic mass is 10.3. The molecule has 0 aromatic carbocycles. The van der Waals surface area contributed by atoms with Gasteiger partial charge in [0.25, 0.3) is 0 Å². The molecule has 8 heteroatoms. The second-order valence-corrected chi connectivity index (χ2v) is 1.82. The fourth-order valence-corrected chi connectivity index (χ4v) is 0.433. The van der Waals surface area contributed by atoms with Crippen LogP contribution in [0.2, 0.25) is 0 Å². The van der Waals surface area contributed by atoms with Crippen LogP contribution in [0.4, 0.5) is 22.0 Å². The minimum atomic E-state index is -5.71. The third-order valence-corrected chi connectivity index (χ3v) is 0.986. The number of hydrogen-bond acceptors (Lipinski definition) is 3. The summed E-state index contributed by atoms with van der Waals surface area (Å²) in [5.74, 6) is -6.83. The number of alkyl halides is 5. The van der Waals surface area contributed by atoms with Gasteiger partial charge in [-0.15, -0.1) is 0 Å². The standard InChI is InChI=1S/C4HF5N2O/c5-3(6,4(7,8)9)2-10-1-11-12-2/h1H. The van der Waals surface area contributed by atoms with Crippen molar-refractivity contribution in [3.05, 3.63) is 12.2 Å². The SMILES string of the molecule is FC(F)(F)C(F)(F)c1ncno1. The Balaban J connectivity index is 3.02. The summed E-state index contributed by atoms with van der Waals surface area (Å²) in [6, 6.07) is 0. The smallest absolute Gasteiger partial charge is 0.332 e. The summed E-state index contributed by atoms with van der Waals surface area (Å²) < 4.78 is 62.5.